The Hall–Kier alpha value is -11.0. The first-order chi connectivity index (χ1) is 52.1. The number of benzene rings is 6. The van der Waals surface area contributed by atoms with Gasteiger partial charge in [-0.05, 0) is 216 Å². The predicted molar refractivity (Wildman–Crippen MR) is 399 cm³/mol. The second-order valence-electron chi connectivity index (χ2n) is 25.4. The summed E-state index contributed by atoms with van der Waals surface area (Å²) in [5, 5.41) is 31.4. The van der Waals surface area contributed by atoms with Crippen LogP contribution in [0.25, 0.3) is 65.4 Å². The number of nitrogens with zero attached hydrogens (tertiary/aromatic N) is 7. The van der Waals surface area contributed by atoms with Crippen molar-refractivity contribution >= 4 is 101 Å². The molecule has 28 heteroatoms. The number of pyridine rings is 6. The van der Waals surface area contributed by atoms with Gasteiger partial charge in [0.05, 0.1) is 33.2 Å². The number of nitrogens with one attached hydrogen (secondary N) is 6. The molecular formula is C82H66F3K2N15O8. The molecule has 9 aromatic heterocycles. The third-order valence-corrected chi connectivity index (χ3v) is 17.5. The first-order valence-electron chi connectivity index (χ1n) is 33.5. The van der Waals surface area contributed by atoms with Crippen LogP contribution in [0.2, 0.25) is 0 Å². The fourth-order valence-electron chi connectivity index (χ4n) is 12.4. The summed E-state index contributed by atoms with van der Waals surface area (Å²) in [6.45, 7) is 5.82. The van der Waals surface area contributed by atoms with Crippen molar-refractivity contribution in [3.63, 3.8) is 0 Å². The van der Waals surface area contributed by atoms with E-state index in [2.05, 4.69) is 71.8 Å². The van der Waals surface area contributed by atoms with Gasteiger partial charge in [-0.3, -0.25) is 58.7 Å². The van der Waals surface area contributed by atoms with E-state index in [0.717, 1.165) is 65.7 Å². The minimum Gasteiger partial charge on any atom is -1.00 e. The third kappa shape index (κ3) is 20.3. The van der Waals surface area contributed by atoms with Crippen molar-refractivity contribution < 1.29 is 156 Å². The Labute approximate surface area is 712 Å². The van der Waals surface area contributed by atoms with Crippen LogP contribution in [0.3, 0.4) is 0 Å². The maximum absolute atomic E-state index is 14.4. The Balaban J connectivity index is 0.000000184. The molecule has 5 amide bonds. The van der Waals surface area contributed by atoms with Crippen LogP contribution in [0, 0.1) is 49.6 Å². The first kappa shape index (κ1) is 81.5. The molecule has 0 radical (unpaired) electrons. The van der Waals surface area contributed by atoms with Gasteiger partial charge >= 0.3 is 103 Å². The number of H-pyrrole nitrogens is 3. The Morgan fingerprint density at radius 1 is 0.464 bits per heavy atom. The molecule has 6 aromatic carbocycles. The Kier molecular flexibility index (Phi) is 27.7. The van der Waals surface area contributed by atoms with Gasteiger partial charge < -0.3 is 53.9 Å². The van der Waals surface area contributed by atoms with Gasteiger partial charge in [0.25, 0.3) is 36.0 Å². The molecule has 0 atom stereocenters. The summed E-state index contributed by atoms with van der Waals surface area (Å²) in [5.74, 6) is -3.24. The van der Waals surface area contributed by atoms with Gasteiger partial charge in [-0.1, -0.05) is 0 Å². The fourth-order valence-corrected chi connectivity index (χ4v) is 12.4. The summed E-state index contributed by atoms with van der Waals surface area (Å²) in [6.07, 6.45) is 16.3. The number of carbonyl (C=O) groups is 6. The summed E-state index contributed by atoms with van der Waals surface area (Å²) in [7, 11) is 0. The summed E-state index contributed by atoms with van der Waals surface area (Å²) in [4.78, 5) is 109. The van der Waals surface area contributed by atoms with Crippen LogP contribution in [-0.2, 0) is 48.6 Å². The van der Waals surface area contributed by atoms with E-state index < -0.39 is 11.8 Å². The minimum absolute atomic E-state index is 0. The van der Waals surface area contributed by atoms with E-state index in [1.165, 1.54) is 18.2 Å². The van der Waals surface area contributed by atoms with Crippen LogP contribution < -0.4 is 135 Å². The van der Waals surface area contributed by atoms with Crippen molar-refractivity contribution in [1.82, 2.24) is 60.8 Å². The zero-order chi connectivity index (χ0) is 76.1. The molecule has 9 heterocycles. The van der Waals surface area contributed by atoms with Crippen molar-refractivity contribution in [3.05, 3.63) is 319 Å². The third-order valence-electron chi connectivity index (χ3n) is 17.5. The normalized spacial score (nSPS) is 10.7. The van der Waals surface area contributed by atoms with Crippen LogP contribution >= 0.6 is 0 Å². The van der Waals surface area contributed by atoms with Gasteiger partial charge in [0.15, 0.2) is 0 Å². The number of rotatable bonds is 18. The van der Waals surface area contributed by atoms with E-state index >= 15 is 0 Å². The van der Waals surface area contributed by atoms with Gasteiger partial charge in [0, 0.05) is 178 Å². The number of hydrogen-bond acceptors (Lipinski definition) is 15. The maximum Gasteiger partial charge on any atom is 1.00 e. The van der Waals surface area contributed by atoms with E-state index in [1.54, 1.807) is 129 Å². The van der Waals surface area contributed by atoms with Gasteiger partial charge in [-0.25, -0.2) is 13.2 Å². The maximum atomic E-state index is 14.4. The minimum atomic E-state index is -0.556. The van der Waals surface area contributed by atoms with Crippen LogP contribution in [0.15, 0.2) is 201 Å². The summed E-state index contributed by atoms with van der Waals surface area (Å²) >= 11 is 0. The zero-order valence-electron chi connectivity index (χ0n) is 61.1. The smallest absolute Gasteiger partial charge is 1.00 e. The van der Waals surface area contributed by atoms with Crippen molar-refractivity contribution in [1.29, 1.82) is 5.26 Å². The number of aromatic amines is 3. The predicted octanol–water partition coefficient (Wildman–Crippen LogP) is 5.86. The number of aryl methyl sites for hydroxylation is 3. The molecule has 15 rings (SSSR count). The van der Waals surface area contributed by atoms with Gasteiger partial charge in [-0.15, -0.1) is 0 Å². The first-order valence-corrected chi connectivity index (χ1v) is 33.5. The molecule has 0 bridgehead atoms. The van der Waals surface area contributed by atoms with E-state index in [-0.39, 0.29) is 165 Å². The van der Waals surface area contributed by atoms with Crippen molar-refractivity contribution in [3.8, 4) is 6.07 Å². The zero-order valence-corrected chi connectivity index (χ0v) is 66.3. The van der Waals surface area contributed by atoms with Gasteiger partial charge in [0.2, 0.25) is 0 Å². The van der Waals surface area contributed by atoms with Crippen LogP contribution in [0.4, 0.5) is 13.2 Å². The SMILES string of the molecule is Cc1cnc2c(C#N)cc(Cc3cc(C(=O)NCc4cc5cc[nH]c5cc4F)ccn3)cc2c1.Cc1cnc2c(C(N)=O)cc(Cc3cc(C(=O)NCc4cc5cc[nH]c5cc4F)ccn3)cc2c1.Cc1cnc2c(C(N)=O)cc(Cc3cc(C(=O)NCc4cc5cc[nH]c5cc4F)ccn3)cc2c1.O=CO[O-].[H-].[K+].[K+]. The molecule has 23 nitrogen and oxygen atoms in total. The standard InChI is InChI=1S/2C27H22FN5O2.C27H20FN5O.CH2O3.2K.H/c2*1-15-6-19-7-16(9-22(26(29)34)25(19)32-13-15)8-21-11-18(3-4-30-21)27(35)33-14-20-10-17-2-5-31-24(17)12-23(20)28;1-16-6-20-7-17(8-21(13-29)26(20)32-14-16)9-23-11-19(3-4-30-23)27(34)33-15-22-10-18-2-5-31-25(18)12-24(22)28;2-1-4-3;;;/h2*2-7,9-13,31H,8,14H2,1H3,(H2,29,34)(H,33,35);2-8,10-12,14,31H,9,15H2,1H3,(H,33,34);1,3H;;;/q;;;;2*+1;-1/p-1. The number of nitrogens with two attached hydrogens (primary N) is 2. The number of carbonyl (C=O) groups excluding carboxylic acids is 6. The molecule has 110 heavy (non-hydrogen) atoms. The molecule has 0 spiro atoms. The van der Waals surface area contributed by atoms with Crippen molar-refractivity contribution in [2.24, 2.45) is 11.5 Å². The molecule has 0 aliphatic carbocycles. The largest absolute Gasteiger partial charge is 1.00 e. The Morgan fingerprint density at radius 2 is 0.782 bits per heavy atom. The number of primary amides is 2. The van der Waals surface area contributed by atoms with Crippen LogP contribution in [0.1, 0.15) is 126 Å². The molecule has 0 aliphatic rings. The molecular weight excluding hydrogens is 1460 g/mol. The van der Waals surface area contributed by atoms with Gasteiger partial charge in [-0.2, -0.15) is 5.26 Å². The number of amides is 5. The molecule has 10 N–H and O–H groups in total. The number of hydrogen-bond donors (Lipinski definition) is 8. The van der Waals surface area contributed by atoms with Crippen LogP contribution in [-0.4, -0.2) is 80.9 Å². The number of aromatic nitrogens is 9. The van der Waals surface area contributed by atoms with E-state index in [9.17, 15) is 42.4 Å². The summed E-state index contributed by atoms with van der Waals surface area (Å²) in [6, 6.07) is 44.1. The Morgan fingerprint density at radius 3 is 1.10 bits per heavy atom. The van der Waals surface area contributed by atoms with Crippen LogP contribution in [0.5, 0.6) is 0 Å². The average molecular weight is 1520 g/mol. The van der Waals surface area contributed by atoms with Crippen molar-refractivity contribution in [2.45, 2.75) is 59.7 Å². The molecule has 0 saturated carbocycles. The average Bonchev–Trinajstić information content (AvgIpc) is 1.05. The topological polar surface area (TPSA) is 371 Å². The van der Waals surface area contributed by atoms with Gasteiger partial charge in [0.1, 0.15) is 23.5 Å². The number of fused-ring (bicyclic) bond motifs is 6. The van der Waals surface area contributed by atoms with E-state index in [4.69, 9.17) is 21.5 Å². The molecule has 15 aromatic rings. The van der Waals surface area contributed by atoms with E-state index in [0.29, 0.717) is 120 Å². The summed E-state index contributed by atoms with van der Waals surface area (Å²) < 4.78 is 43.1. The summed E-state index contributed by atoms with van der Waals surface area (Å²) in [5.41, 5.74) is 26.2. The molecule has 0 fully saturated rings. The second-order valence-corrected chi connectivity index (χ2v) is 25.4. The quantitative estimate of drug-likeness (QED) is 0.0216. The molecule has 0 unspecified atom stereocenters. The number of nitriles is 1. The van der Waals surface area contributed by atoms with Crippen molar-refractivity contribution in [2.75, 3.05) is 0 Å². The molecule has 0 saturated heterocycles. The van der Waals surface area contributed by atoms with E-state index in [1.807, 2.05) is 75.4 Å². The molecule has 0 aliphatic heterocycles. The fraction of sp³-hybridized carbons (Fsp3) is 0.110. The Bertz CT molecular complexity index is 5830. The monoisotopic (exact) mass is 1520 g/mol. The number of halogens is 3. The molecule has 540 valence electrons. The second kappa shape index (κ2) is 37.4.